The van der Waals surface area contributed by atoms with Crippen LogP contribution in [0.2, 0.25) is 0 Å². The summed E-state index contributed by atoms with van der Waals surface area (Å²) in [6.45, 7) is 3.02. The lowest BCUT2D eigenvalue weighted by Crippen LogP contribution is -2.14. The predicted molar refractivity (Wildman–Crippen MR) is 99.3 cm³/mol. The number of rotatable bonds is 4. The van der Waals surface area contributed by atoms with Crippen LogP contribution in [-0.4, -0.2) is 34.9 Å². The minimum absolute atomic E-state index is 0.128. The number of para-hydroxylation sites is 1. The smallest absolute Gasteiger partial charge is 0.197 e. The molecule has 0 spiro atoms. The Morgan fingerprint density at radius 1 is 1.12 bits per heavy atom. The molecule has 0 amide bonds. The van der Waals surface area contributed by atoms with Gasteiger partial charge < -0.3 is 4.90 Å². The van der Waals surface area contributed by atoms with E-state index in [0.29, 0.717) is 0 Å². The van der Waals surface area contributed by atoms with E-state index in [1.165, 1.54) is 0 Å². The third-order valence-corrected chi connectivity index (χ3v) is 4.74. The number of fused-ring (bicyclic) bond motifs is 2. The van der Waals surface area contributed by atoms with Crippen molar-refractivity contribution in [1.82, 2.24) is 14.3 Å². The Morgan fingerprint density at radius 3 is 2.71 bits per heavy atom. The first kappa shape index (κ1) is 15.1. The van der Waals surface area contributed by atoms with Crippen molar-refractivity contribution in [1.29, 1.82) is 0 Å². The van der Waals surface area contributed by atoms with Crippen LogP contribution in [0.25, 0.3) is 27.3 Å². The number of aryl methyl sites for hydroxylation is 2. The van der Waals surface area contributed by atoms with E-state index in [9.17, 15) is 4.79 Å². The lowest BCUT2D eigenvalue weighted by atomic mass is 10.0. The highest BCUT2D eigenvalue weighted by molar-refractivity contribution is 6.03. The van der Waals surface area contributed by atoms with Crippen LogP contribution in [0.4, 0.5) is 0 Å². The van der Waals surface area contributed by atoms with Gasteiger partial charge in [-0.3, -0.25) is 9.20 Å². The van der Waals surface area contributed by atoms with Crippen molar-refractivity contribution in [2.45, 2.75) is 19.8 Å². The summed E-state index contributed by atoms with van der Waals surface area (Å²) >= 11 is 0. The van der Waals surface area contributed by atoms with E-state index in [0.717, 1.165) is 58.1 Å². The van der Waals surface area contributed by atoms with Crippen molar-refractivity contribution in [2.75, 3.05) is 20.6 Å². The van der Waals surface area contributed by atoms with Crippen LogP contribution in [0.1, 0.15) is 17.8 Å². The summed E-state index contributed by atoms with van der Waals surface area (Å²) < 4.78 is 2.14. The number of benzene rings is 2. The molecule has 0 aliphatic carbocycles. The van der Waals surface area contributed by atoms with Gasteiger partial charge in [0.1, 0.15) is 5.82 Å². The summed E-state index contributed by atoms with van der Waals surface area (Å²) in [5, 5.41) is 1.61. The van der Waals surface area contributed by atoms with Gasteiger partial charge in [-0.1, -0.05) is 18.2 Å². The summed E-state index contributed by atoms with van der Waals surface area (Å²) in [6.07, 6.45) is 1.94. The van der Waals surface area contributed by atoms with Gasteiger partial charge in [-0.25, -0.2) is 4.98 Å². The molecule has 24 heavy (non-hydrogen) atoms. The van der Waals surface area contributed by atoms with Crippen LogP contribution >= 0.6 is 0 Å². The molecule has 0 atom stereocenters. The van der Waals surface area contributed by atoms with Gasteiger partial charge in [-0.05, 0) is 64.2 Å². The van der Waals surface area contributed by atoms with E-state index < -0.39 is 0 Å². The van der Waals surface area contributed by atoms with E-state index in [1.54, 1.807) is 0 Å². The van der Waals surface area contributed by atoms with Gasteiger partial charge >= 0.3 is 0 Å². The maximum Gasteiger partial charge on any atom is 0.197 e. The van der Waals surface area contributed by atoms with E-state index in [-0.39, 0.29) is 5.43 Å². The van der Waals surface area contributed by atoms with Gasteiger partial charge in [0.25, 0.3) is 0 Å². The third-order valence-electron chi connectivity index (χ3n) is 4.74. The van der Waals surface area contributed by atoms with E-state index in [4.69, 9.17) is 0 Å². The zero-order valence-corrected chi connectivity index (χ0v) is 14.3. The maximum absolute atomic E-state index is 13.2. The quantitative estimate of drug-likeness (QED) is 0.542. The highest BCUT2D eigenvalue weighted by Crippen LogP contribution is 2.27. The van der Waals surface area contributed by atoms with Gasteiger partial charge in [0.05, 0.1) is 21.9 Å². The molecular weight excluding hydrogens is 298 g/mol. The number of pyridine rings is 1. The second kappa shape index (κ2) is 5.56. The van der Waals surface area contributed by atoms with Crippen LogP contribution < -0.4 is 5.43 Å². The van der Waals surface area contributed by atoms with E-state index >= 15 is 0 Å². The van der Waals surface area contributed by atoms with Crippen molar-refractivity contribution in [3.8, 4) is 0 Å². The van der Waals surface area contributed by atoms with E-state index in [2.05, 4.69) is 40.5 Å². The third kappa shape index (κ3) is 2.18. The molecule has 0 fully saturated rings. The molecule has 0 radical (unpaired) electrons. The Morgan fingerprint density at radius 2 is 1.92 bits per heavy atom. The Bertz CT molecular complexity index is 1090. The molecule has 2 aromatic carbocycles. The topological polar surface area (TPSA) is 37.6 Å². The lowest BCUT2D eigenvalue weighted by molar-refractivity contribution is 0.400. The number of hydrogen-bond acceptors (Lipinski definition) is 3. The van der Waals surface area contributed by atoms with Crippen LogP contribution in [0.5, 0.6) is 0 Å². The highest BCUT2D eigenvalue weighted by atomic mass is 16.1. The summed E-state index contributed by atoms with van der Waals surface area (Å²) in [6, 6.07) is 12.0. The van der Waals surface area contributed by atoms with Crippen molar-refractivity contribution in [3.05, 3.63) is 58.0 Å². The molecule has 4 nitrogen and oxygen atoms in total. The first-order chi connectivity index (χ1) is 11.6. The molecule has 4 aromatic rings. The van der Waals surface area contributed by atoms with Gasteiger partial charge in [-0.2, -0.15) is 0 Å². The van der Waals surface area contributed by atoms with Crippen molar-refractivity contribution >= 4 is 27.3 Å². The molecule has 0 aliphatic rings. The van der Waals surface area contributed by atoms with Crippen LogP contribution in [0.15, 0.2) is 41.2 Å². The molecular formula is C20H21N3O. The largest absolute Gasteiger partial charge is 0.309 e. The normalized spacial score (nSPS) is 12.2. The van der Waals surface area contributed by atoms with E-state index in [1.807, 2.05) is 31.2 Å². The standard InChI is InChI=1S/C20H21N3O/c1-13-21-16-11-10-14(7-6-12-22(2)3)18-19(16)23(13)17-9-5-4-8-15(17)20(18)24/h4-5,8-11H,6-7,12H2,1-3H3. The molecule has 0 aliphatic heterocycles. The van der Waals surface area contributed by atoms with Crippen molar-refractivity contribution in [2.24, 2.45) is 0 Å². The summed E-state index contributed by atoms with van der Waals surface area (Å²) in [4.78, 5) is 20.0. The molecule has 4 heteroatoms. The average Bonchev–Trinajstić information content (AvgIpc) is 2.89. The number of nitrogens with zero attached hydrogens (tertiary/aromatic N) is 3. The molecule has 0 saturated heterocycles. The second-order valence-electron chi connectivity index (χ2n) is 6.71. The number of imidazole rings is 1. The lowest BCUT2D eigenvalue weighted by Gasteiger charge is -2.12. The van der Waals surface area contributed by atoms with Crippen LogP contribution in [-0.2, 0) is 6.42 Å². The Hall–Kier alpha value is -2.46. The molecule has 0 unspecified atom stereocenters. The highest BCUT2D eigenvalue weighted by Gasteiger charge is 2.17. The van der Waals surface area contributed by atoms with Crippen molar-refractivity contribution in [3.63, 3.8) is 0 Å². The van der Waals surface area contributed by atoms with Gasteiger partial charge in [0.2, 0.25) is 0 Å². The molecule has 2 aromatic heterocycles. The zero-order chi connectivity index (χ0) is 16.8. The predicted octanol–water partition coefficient (Wildman–Crippen LogP) is 3.24. The molecule has 122 valence electrons. The number of aromatic nitrogens is 2. The molecule has 0 N–H and O–H groups in total. The minimum atomic E-state index is 0.128. The average molecular weight is 319 g/mol. The minimum Gasteiger partial charge on any atom is -0.309 e. The molecule has 2 heterocycles. The fourth-order valence-corrected chi connectivity index (χ4v) is 3.66. The maximum atomic E-state index is 13.2. The first-order valence-electron chi connectivity index (χ1n) is 8.37. The fraction of sp³-hybridized carbons (Fsp3) is 0.300. The summed E-state index contributed by atoms with van der Waals surface area (Å²) in [7, 11) is 4.15. The van der Waals surface area contributed by atoms with Gasteiger partial charge in [0.15, 0.2) is 5.43 Å². The Kier molecular flexibility index (Phi) is 3.50. The molecule has 4 rings (SSSR count). The summed E-state index contributed by atoms with van der Waals surface area (Å²) in [5.41, 5.74) is 4.08. The number of hydrogen-bond donors (Lipinski definition) is 0. The Balaban J connectivity index is 2.05. The van der Waals surface area contributed by atoms with Gasteiger partial charge in [0, 0.05) is 5.39 Å². The SMILES string of the molecule is Cc1nc2ccc(CCCN(C)C)c3c(=O)c4ccccc4n1c23. The molecule has 0 saturated carbocycles. The summed E-state index contributed by atoms with van der Waals surface area (Å²) in [5.74, 6) is 0.927. The first-order valence-corrected chi connectivity index (χ1v) is 8.37. The van der Waals surface area contributed by atoms with Crippen molar-refractivity contribution < 1.29 is 0 Å². The Labute approximate surface area is 140 Å². The zero-order valence-electron chi connectivity index (χ0n) is 14.3. The molecule has 0 bridgehead atoms. The van der Waals surface area contributed by atoms with Crippen LogP contribution in [0, 0.1) is 6.92 Å². The fourth-order valence-electron chi connectivity index (χ4n) is 3.66. The van der Waals surface area contributed by atoms with Gasteiger partial charge in [-0.15, -0.1) is 0 Å². The second-order valence-corrected chi connectivity index (χ2v) is 6.71. The monoisotopic (exact) mass is 319 g/mol. The van der Waals surface area contributed by atoms with Crippen LogP contribution in [0.3, 0.4) is 0 Å².